The SMILES string of the molecule is COP(=O)(OC)C(C(C)=O)C(N)c1ccc(C)cc1. The second-order valence-electron chi connectivity index (χ2n) is 4.40. The van der Waals surface area contributed by atoms with Crippen LogP contribution in [0.25, 0.3) is 0 Å². The molecule has 0 aliphatic carbocycles. The zero-order valence-corrected chi connectivity index (χ0v) is 12.5. The second kappa shape index (κ2) is 6.44. The maximum Gasteiger partial charge on any atom is 0.342 e. The number of aryl methyl sites for hydroxylation is 1. The molecule has 0 heterocycles. The first kappa shape index (κ1) is 16.1. The molecule has 2 N–H and O–H groups in total. The molecule has 0 aliphatic heterocycles. The van der Waals surface area contributed by atoms with Gasteiger partial charge in [0, 0.05) is 14.2 Å². The molecule has 0 aliphatic rings. The number of hydrogen-bond donors (Lipinski definition) is 1. The van der Waals surface area contributed by atoms with E-state index in [0.29, 0.717) is 0 Å². The minimum atomic E-state index is -3.56. The van der Waals surface area contributed by atoms with Crippen molar-refractivity contribution in [2.24, 2.45) is 5.73 Å². The fourth-order valence-corrected chi connectivity index (χ4v) is 3.56. The summed E-state index contributed by atoms with van der Waals surface area (Å²) in [6.07, 6.45) is 0. The Kier molecular flexibility index (Phi) is 5.44. The molecule has 5 nitrogen and oxygen atoms in total. The number of carbonyl (C=O) groups excluding carboxylic acids is 1. The van der Waals surface area contributed by atoms with Crippen molar-refractivity contribution in [1.82, 2.24) is 0 Å². The summed E-state index contributed by atoms with van der Waals surface area (Å²) in [5.74, 6) is -0.319. The monoisotopic (exact) mass is 285 g/mol. The first-order chi connectivity index (χ1) is 8.85. The summed E-state index contributed by atoms with van der Waals surface area (Å²) < 4.78 is 22.2. The fourth-order valence-electron chi connectivity index (χ4n) is 1.94. The van der Waals surface area contributed by atoms with E-state index in [1.165, 1.54) is 21.1 Å². The summed E-state index contributed by atoms with van der Waals surface area (Å²) in [5.41, 5.74) is 6.87. The zero-order chi connectivity index (χ0) is 14.6. The largest absolute Gasteiger partial charge is 0.342 e. The number of rotatable bonds is 6. The van der Waals surface area contributed by atoms with Gasteiger partial charge in [-0.05, 0) is 19.4 Å². The van der Waals surface area contributed by atoms with Crippen molar-refractivity contribution in [1.29, 1.82) is 0 Å². The van der Waals surface area contributed by atoms with Gasteiger partial charge >= 0.3 is 7.60 Å². The van der Waals surface area contributed by atoms with Crippen molar-refractivity contribution in [3.05, 3.63) is 35.4 Å². The Bertz CT molecular complexity index is 478. The van der Waals surface area contributed by atoms with Crippen molar-refractivity contribution in [2.75, 3.05) is 14.2 Å². The molecule has 0 saturated carbocycles. The summed E-state index contributed by atoms with van der Waals surface area (Å²) in [7, 11) is -1.05. The molecule has 1 aromatic carbocycles. The molecule has 19 heavy (non-hydrogen) atoms. The first-order valence-corrected chi connectivity index (χ1v) is 7.50. The average Bonchev–Trinajstić information content (AvgIpc) is 2.38. The van der Waals surface area contributed by atoms with Gasteiger partial charge in [0.25, 0.3) is 0 Å². The highest BCUT2D eigenvalue weighted by Gasteiger charge is 2.42. The van der Waals surface area contributed by atoms with E-state index in [4.69, 9.17) is 14.8 Å². The summed E-state index contributed by atoms with van der Waals surface area (Å²) >= 11 is 0. The van der Waals surface area contributed by atoms with Crippen molar-refractivity contribution in [2.45, 2.75) is 25.5 Å². The Labute approximate surface area is 113 Å². The Morgan fingerprint density at radius 1 is 1.21 bits per heavy atom. The molecule has 6 heteroatoms. The minimum Gasteiger partial charge on any atom is -0.323 e. The summed E-state index contributed by atoms with van der Waals surface area (Å²) in [6, 6.07) is 6.66. The lowest BCUT2D eigenvalue weighted by Crippen LogP contribution is -2.33. The molecular weight excluding hydrogens is 265 g/mol. The lowest BCUT2D eigenvalue weighted by molar-refractivity contribution is -0.117. The van der Waals surface area contributed by atoms with Crippen LogP contribution in [0.5, 0.6) is 0 Å². The maximum atomic E-state index is 12.4. The lowest BCUT2D eigenvalue weighted by atomic mass is 10.0. The Hall–Kier alpha value is -1.00. The molecule has 1 rings (SSSR count). The van der Waals surface area contributed by atoms with Crippen LogP contribution in [0.3, 0.4) is 0 Å². The van der Waals surface area contributed by atoms with Crippen molar-refractivity contribution in [3.63, 3.8) is 0 Å². The fraction of sp³-hybridized carbons (Fsp3) is 0.462. The van der Waals surface area contributed by atoms with Crippen LogP contribution in [-0.2, 0) is 18.4 Å². The number of nitrogens with two attached hydrogens (primary N) is 1. The number of carbonyl (C=O) groups is 1. The Morgan fingerprint density at radius 3 is 2.05 bits per heavy atom. The van der Waals surface area contributed by atoms with Gasteiger partial charge in [0.1, 0.15) is 11.4 Å². The van der Waals surface area contributed by atoms with Crippen LogP contribution in [0.4, 0.5) is 0 Å². The van der Waals surface area contributed by atoms with Gasteiger partial charge in [0.15, 0.2) is 0 Å². The maximum absolute atomic E-state index is 12.4. The number of ketones is 1. The van der Waals surface area contributed by atoms with Gasteiger partial charge in [-0.2, -0.15) is 0 Å². The summed E-state index contributed by atoms with van der Waals surface area (Å²) in [6.45, 7) is 3.29. The molecule has 0 radical (unpaired) electrons. The molecule has 0 aromatic heterocycles. The first-order valence-electron chi connectivity index (χ1n) is 5.89. The third-order valence-corrected chi connectivity index (χ3v) is 5.45. The topological polar surface area (TPSA) is 78.6 Å². The second-order valence-corrected chi connectivity index (χ2v) is 6.76. The van der Waals surface area contributed by atoms with Crippen molar-refractivity contribution in [3.8, 4) is 0 Å². The average molecular weight is 285 g/mol. The molecule has 106 valence electrons. The Morgan fingerprint density at radius 2 is 1.68 bits per heavy atom. The normalized spacial score (nSPS) is 15.0. The number of Topliss-reactive ketones (excluding diaryl/α,β-unsaturated/α-hetero) is 1. The van der Waals surface area contributed by atoms with Crippen LogP contribution in [0.15, 0.2) is 24.3 Å². The predicted octanol–water partition coefficient (Wildman–Crippen LogP) is 2.44. The summed E-state index contributed by atoms with van der Waals surface area (Å²) in [4.78, 5) is 11.8. The van der Waals surface area contributed by atoms with Gasteiger partial charge in [-0.1, -0.05) is 29.8 Å². The van der Waals surface area contributed by atoms with Gasteiger partial charge in [-0.15, -0.1) is 0 Å². The van der Waals surface area contributed by atoms with Crippen LogP contribution >= 0.6 is 7.60 Å². The van der Waals surface area contributed by atoms with E-state index >= 15 is 0 Å². The third-order valence-electron chi connectivity index (χ3n) is 3.07. The van der Waals surface area contributed by atoms with E-state index in [-0.39, 0.29) is 5.78 Å². The van der Waals surface area contributed by atoms with Crippen LogP contribution < -0.4 is 5.73 Å². The predicted molar refractivity (Wildman–Crippen MR) is 74.2 cm³/mol. The standard InChI is InChI=1S/C13H20NO4P/c1-9-5-7-11(8-6-9)12(14)13(10(2)15)19(16,17-3)18-4/h5-8,12-13H,14H2,1-4H3. The number of benzene rings is 1. The molecule has 0 saturated heterocycles. The molecule has 2 unspecified atom stereocenters. The molecular formula is C13H20NO4P. The third kappa shape index (κ3) is 3.51. The number of hydrogen-bond acceptors (Lipinski definition) is 5. The highest BCUT2D eigenvalue weighted by molar-refractivity contribution is 7.55. The van der Waals surface area contributed by atoms with Crippen LogP contribution in [-0.4, -0.2) is 25.7 Å². The van der Waals surface area contributed by atoms with Crippen molar-refractivity contribution < 1.29 is 18.4 Å². The van der Waals surface area contributed by atoms with E-state index in [1.807, 2.05) is 31.2 Å². The van der Waals surface area contributed by atoms with Gasteiger partial charge in [0.05, 0.1) is 6.04 Å². The van der Waals surface area contributed by atoms with Gasteiger partial charge in [0.2, 0.25) is 0 Å². The van der Waals surface area contributed by atoms with Crippen LogP contribution in [0, 0.1) is 6.92 Å². The molecule has 2 atom stereocenters. The smallest absolute Gasteiger partial charge is 0.323 e. The molecule has 0 bridgehead atoms. The molecule has 1 aromatic rings. The molecule has 0 amide bonds. The minimum absolute atomic E-state index is 0.319. The summed E-state index contributed by atoms with van der Waals surface area (Å²) in [5, 5.41) is 0. The van der Waals surface area contributed by atoms with E-state index in [1.54, 1.807) is 0 Å². The van der Waals surface area contributed by atoms with E-state index in [0.717, 1.165) is 11.1 Å². The molecule has 0 spiro atoms. The molecule has 0 fully saturated rings. The lowest BCUT2D eigenvalue weighted by Gasteiger charge is -2.27. The highest BCUT2D eigenvalue weighted by Crippen LogP contribution is 2.55. The van der Waals surface area contributed by atoms with Crippen LogP contribution in [0.1, 0.15) is 24.1 Å². The van der Waals surface area contributed by atoms with E-state index < -0.39 is 19.3 Å². The van der Waals surface area contributed by atoms with Gasteiger partial charge in [-0.3, -0.25) is 9.36 Å². The van der Waals surface area contributed by atoms with E-state index in [2.05, 4.69) is 0 Å². The quantitative estimate of drug-likeness (QED) is 0.812. The Balaban J connectivity index is 3.16. The zero-order valence-electron chi connectivity index (χ0n) is 11.6. The van der Waals surface area contributed by atoms with Gasteiger partial charge in [-0.25, -0.2) is 0 Å². The van der Waals surface area contributed by atoms with Crippen LogP contribution in [0.2, 0.25) is 0 Å². The van der Waals surface area contributed by atoms with Gasteiger partial charge < -0.3 is 14.8 Å². The van der Waals surface area contributed by atoms with Crippen molar-refractivity contribution >= 4 is 13.4 Å². The van der Waals surface area contributed by atoms with E-state index in [9.17, 15) is 9.36 Å². The highest BCUT2D eigenvalue weighted by atomic mass is 31.2.